The Morgan fingerprint density at radius 1 is 1.26 bits per heavy atom. The summed E-state index contributed by atoms with van der Waals surface area (Å²) >= 11 is 0. The number of aromatic nitrogens is 1. The summed E-state index contributed by atoms with van der Waals surface area (Å²) in [4.78, 5) is 7.80. The van der Waals surface area contributed by atoms with Gasteiger partial charge in [-0.15, -0.1) is 0 Å². The van der Waals surface area contributed by atoms with Gasteiger partial charge in [0, 0.05) is 28.7 Å². The first-order valence-corrected chi connectivity index (χ1v) is 6.42. The van der Waals surface area contributed by atoms with Crippen molar-refractivity contribution < 1.29 is 4.74 Å². The summed E-state index contributed by atoms with van der Waals surface area (Å²) in [5, 5.41) is 0. The molecular formula is C16H16N2O. The molecule has 96 valence electrons. The molecule has 0 atom stereocenters. The van der Waals surface area contributed by atoms with Crippen molar-refractivity contribution in [3.63, 3.8) is 0 Å². The van der Waals surface area contributed by atoms with Gasteiger partial charge < -0.3 is 9.72 Å². The lowest BCUT2D eigenvalue weighted by Gasteiger charge is -2.03. The van der Waals surface area contributed by atoms with Crippen LogP contribution in [0, 0.1) is 0 Å². The molecule has 1 N–H and O–H groups in total. The van der Waals surface area contributed by atoms with Crippen molar-refractivity contribution >= 4 is 23.6 Å². The minimum absolute atomic E-state index is 0.857. The smallest absolute Gasteiger partial charge is 0.119 e. The molecule has 0 amide bonds. The Morgan fingerprint density at radius 2 is 2.16 bits per heavy atom. The second-order valence-corrected chi connectivity index (χ2v) is 4.53. The lowest BCUT2D eigenvalue weighted by atomic mass is 10.1. The summed E-state index contributed by atoms with van der Waals surface area (Å²) in [6.45, 7) is 2.14. The summed E-state index contributed by atoms with van der Waals surface area (Å²) < 4.78 is 5.27. The third-order valence-electron chi connectivity index (χ3n) is 3.32. The lowest BCUT2D eigenvalue weighted by molar-refractivity contribution is 0.415. The maximum atomic E-state index is 5.27. The number of aliphatic imine (C=N–C) groups is 1. The highest BCUT2D eigenvalue weighted by Gasteiger charge is 2.13. The van der Waals surface area contributed by atoms with E-state index in [1.165, 1.54) is 5.69 Å². The van der Waals surface area contributed by atoms with Gasteiger partial charge in [0.25, 0.3) is 0 Å². The molecule has 0 bridgehead atoms. The molecule has 0 spiro atoms. The summed E-state index contributed by atoms with van der Waals surface area (Å²) in [5.41, 5.74) is 5.57. The van der Waals surface area contributed by atoms with Crippen LogP contribution in [0.25, 0.3) is 11.6 Å². The average Bonchev–Trinajstić information content (AvgIpc) is 3.06. The molecule has 0 fully saturated rings. The number of aromatic amines is 1. The van der Waals surface area contributed by atoms with Gasteiger partial charge in [0.15, 0.2) is 0 Å². The normalized spacial score (nSPS) is 14.9. The number of aryl methyl sites for hydroxylation is 1. The van der Waals surface area contributed by atoms with Gasteiger partial charge >= 0.3 is 0 Å². The Bertz CT molecular complexity index is 665. The Balaban J connectivity index is 1.98. The van der Waals surface area contributed by atoms with Gasteiger partial charge in [-0.25, -0.2) is 0 Å². The Hall–Kier alpha value is -2.29. The number of methoxy groups -OCH3 is 1. The van der Waals surface area contributed by atoms with Crippen LogP contribution in [0.5, 0.6) is 5.75 Å². The predicted octanol–water partition coefficient (Wildman–Crippen LogP) is 3.84. The fourth-order valence-corrected chi connectivity index (χ4v) is 2.23. The van der Waals surface area contributed by atoms with Crippen molar-refractivity contribution in [1.82, 2.24) is 4.98 Å². The number of benzene rings is 1. The van der Waals surface area contributed by atoms with E-state index in [1.807, 2.05) is 24.4 Å². The van der Waals surface area contributed by atoms with Crippen molar-refractivity contribution in [2.75, 3.05) is 7.11 Å². The molecule has 1 aliphatic rings. The molecule has 3 heteroatoms. The van der Waals surface area contributed by atoms with Gasteiger partial charge in [0.05, 0.1) is 12.8 Å². The third-order valence-corrected chi connectivity index (χ3v) is 3.32. The zero-order chi connectivity index (χ0) is 13.2. The van der Waals surface area contributed by atoms with Gasteiger partial charge in [0.2, 0.25) is 0 Å². The molecular weight excluding hydrogens is 236 g/mol. The van der Waals surface area contributed by atoms with Crippen LogP contribution in [0.4, 0.5) is 5.69 Å². The monoisotopic (exact) mass is 252 g/mol. The largest absolute Gasteiger partial charge is 0.497 e. The molecule has 3 rings (SSSR count). The van der Waals surface area contributed by atoms with Crippen LogP contribution in [0.1, 0.15) is 23.9 Å². The quantitative estimate of drug-likeness (QED) is 0.885. The Kier molecular flexibility index (Phi) is 2.95. The van der Waals surface area contributed by atoms with Crippen LogP contribution in [-0.4, -0.2) is 18.3 Å². The molecule has 3 nitrogen and oxygen atoms in total. The van der Waals surface area contributed by atoms with Gasteiger partial charge in [0.1, 0.15) is 5.75 Å². The zero-order valence-corrected chi connectivity index (χ0v) is 11.1. The Labute approximate surface area is 112 Å². The van der Waals surface area contributed by atoms with Crippen molar-refractivity contribution in [3.8, 4) is 5.75 Å². The number of rotatable bonds is 3. The van der Waals surface area contributed by atoms with E-state index in [-0.39, 0.29) is 0 Å². The number of fused-ring (bicyclic) bond motifs is 1. The predicted molar refractivity (Wildman–Crippen MR) is 79.2 cm³/mol. The molecule has 0 radical (unpaired) electrons. The standard InChI is InChI=1S/C16H16N2O/c1-3-12-4-5-13(18-12)8-11-10-17-16-7-6-14(19-2)9-15(11)16/h4-10,18H,3H2,1-2H3. The number of nitrogens with zero attached hydrogens (tertiary/aromatic N) is 1. The van der Waals surface area contributed by atoms with Gasteiger partial charge in [-0.05, 0) is 42.8 Å². The molecule has 19 heavy (non-hydrogen) atoms. The van der Waals surface area contributed by atoms with Crippen LogP contribution >= 0.6 is 0 Å². The second kappa shape index (κ2) is 4.76. The van der Waals surface area contributed by atoms with Gasteiger partial charge in [-0.2, -0.15) is 0 Å². The Morgan fingerprint density at radius 3 is 2.89 bits per heavy atom. The first-order chi connectivity index (χ1) is 9.30. The molecule has 2 heterocycles. The van der Waals surface area contributed by atoms with Crippen molar-refractivity contribution in [2.45, 2.75) is 13.3 Å². The summed E-state index contributed by atoms with van der Waals surface area (Å²) in [5.74, 6) is 0.857. The number of H-pyrrole nitrogens is 1. The molecule has 0 aliphatic carbocycles. The number of nitrogens with one attached hydrogen (secondary N) is 1. The topological polar surface area (TPSA) is 37.4 Å². The molecule has 1 aliphatic heterocycles. The summed E-state index contributed by atoms with van der Waals surface area (Å²) in [7, 11) is 1.68. The van der Waals surface area contributed by atoms with Gasteiger partial charge in [-0.1, -0.05) is 6.92 Å². The summed E-state index contributed by atoms with van der Waals surface area (Å²) in [6, 6.07) is 10.2. The van der Waals surface area contributed by atoms with Crippen LogP contribution < -0.4 is 4.74 Å². The third kappa shape index (κ3) is 2.19. The molecule has 0 unspecified atom stereocenters. The van der Waals surface area contributed by atoms with E-state index in [0.717, 1.165) is 34.7 Å². The van der Waals surface area contributed by atoms with Crippen LogP contribution in [0.3, 0.4) is 0 Å². The first kappa shape index (κ1) is 11.8. The van der Waals surface area contributed by atoms with E-state index in [0.29, 0.717) is 0 Å². The van der Waals surface area contributed by atoms with E-state index >= 15 is 0 Å². The molecule has 1 aromatic carbocycles. The van der Waals surface area contributed by atoms with E-state index in [2.05, 4.69) is 35.1 Å². The fraction of sp³-hybridized carbons (Fsp3) is 0.188. The molecule has 1 aromatic heterocycles. The van der Waals surface area contributed by atoms with E-state index in [9.17, 15) is 0 Å². The number of allylic oxidation sites excluding steroid dienone is 1. The van der Waals surface area contributed by atoms with E-state index in [4.69, 9.17) is 4.74 Å². The molecule has 0 saturated heterocycles. The number of ether oxygens (including phenoxy) is 1. The SMILES string of the molecule is CCc1ccc(C=C2C=Nc3ccc(OC)cc32)[nH]1. The second-order valence-electron chi connectivity index (χ2n) is 4.53. The van der Waals surface area contributed by atoms with Crippen LogP contribution in [0.2, 0.25) is 0 Å². The fourth-order valence-electron chi connectivity index (χ4n) is 2.23. The van der Waals surface area contributed by atoms with Crippen LogP contribution in [-0.2, 0) is 6.42 Å². The minimum Gasteiger partial charge on any atom is -0.497 e. The molecule has 2 aromatic rings. The van der Waals surface area contributed by atoms with Crippen molar-refractivity contribution in [1.29, 1.82) is 0 Å². The maximum absolute atomic E-state index is 5.27. The average molecular weight is 252 g/mol. The van der Waals surface area contributed by atoms with E-state index in [1.54, 1.807) is 7.11 Å². The first-order valence-electron chi connectivity index (χ1n) is 6.42. The highest BCUT2D eigenvalue weighted by molar-refractivity contribution is 6.21. The summed E-state index contributed by atoms with van der Waals surface area (Å²) in [6.07, 6.45) is 5.03. The maximum Gasteiger partial charge on any atom is 0.119 e. The van der Waals surface area contributed by atoms with Crippen molar-refractivity contribution in [2.24, 2.45) is 4.99 Å². The van der Waals surface area contributed by atoms with Gasteiger partial charge in [-0.3, -0.25) is 4.99 Å². The number of hydrogen-bond acceptors (Lipinski definition) is 2. The number of hydrogen-bond donors (Lipinski definition) is 1. The highest BCUT2D eigenvalue weighted by Crippen LogP contribution is 2.35. The van der Waals surface area contributed by atoms with E-state index < -0.39 is 0 Å². The highest BCUT2D eigenvalue weighted by atomic mass is 16.5. The zero-order valence-electron chi connectivity index (χ0n) is 11.1. The van der Waals surface area contributed by atoms with Crippen molar-refractivity contribution in [3.05, 3.63) is 47.3 Å². The lowest BCUT2D eigenvalue weighted by Crippen LogP contribution is -1.86. The van der Waals surface area contributed by atoms with Crippen LogP contribution in [0.15, 0.2) is 35.3 Å². The molecule has 0 saturated carbocycles. The minimum atomic E-state index is 0.857.